The molecule has 1 N–H and O–H groups in total. The number of hydrogen-bond acceptors (Lipinski definition) is 5. The van der Waals surface area contributed by atoms with Crippen LogP contribution in [0.25, 0.3) is 0 Å². The van der Waals surface area contributed by atoms with Crippen molar-refractivity contribution in [2.24, 2.45) is 0 Å². The molecule has 2 unspecified atom stereocenters. The van der Waals surface area contributed by atoms with Crippen LogP contribution in [0.4, 0.5) is 0 Å². The lowest BCUT2D eigenvalue weighted by molar-refractivity contribution is 0.0259. The van der Waals surface area contributed by atoms with E-state index in [0.717, 1.165) is 12.8 Å². The topological polar surface area (TPSA) is 57.2 Å². The maximum atomic E-state index is 9.38. The number of fused-ring (bicyclic) bond motifs is 1. The molecule has 5 heteroatoms. The molecule has 1 fully saturated rings. The Morgan fingerprint density at radius 3 is 2.74 bits per heavy atom. The fraction of sp³-hybridized carbons (Fsp3) is 0.571. The van der Waals surface area contributed by atoms with Gasteiger partial charge in [-0.05, 0) is 25.8 Å². The van der Waals surface area contributed by atoms with Crippen molar-refractivity contribution < 1.29 is 24.1 Å². The lowest BCUT2D eigenvalue weighted by Gasteiger charge is -2.15. The standard InChI is InChI=1S/C14H18O5/c1-9-2-3-11(19-9)7-16-12-5-14-13(17-8-18-14)4-10(12)6-15/h4-5,9,11,15H,2-3,6-8H2,1H3. The third kappa shape index (κ3) is 2.62. The van der Waals surface area contributed by atoms with Crippen molar-refractivity contribution in [1.29, 1.82) is 0 Å². The second-order valence-corrected chi connectivity index (χ2v) is 4.93. The SMILES string of the molecule is CC1CCC(COc2cc3c(cc2CO)OCO3)O1. The summed E-state index contributed by atoms with van der Waals surface area (Å²) in [5.74, 6) is 1.95. The van der Waals surface area contributed by atoms with Gasteiger partial charge < -0.3 is 24.1 Å². The second-order valence-electron chi connectivity index (χ2n) is 4.93. The zero-order chi connectivity index (χ0) is 13.2. The van der Waals surface area contributed by atoms with Gasteiger partial charge in [0.2, 0.25) is 6.79 Å². The maximum absolute atomic E-state index is 9.38. The molecule has 2 atom stereocenters. The van der Waals surface area contributed by atoms with Crippen molar-refractivity contribution in [3.05, 3.63) is 17.7 Å². The van der Waals surface area contributed by atoms with Crippen LogP contribution in [0.1, 0.15) is 25.3 Å². The summed E-state index contributed by atoms with van der Waals surface area (Å²) < 4.78 is 22.1. The quantitative estimate of drug-likeness (QED) is 0.901. The Morgan fingerprint density at radius 1 is 1.26 bits per heavy atom. The van der Waals surface area contributed by atoms with Crippen LogP contribution < -0.4 is 14.2 Å². The van der Waals surface area contributed by atoms with Gasteiger partial charge in [-0.2, -0.15) is 0 Å². The minimum atomic E-state index is -0.0894. The summed E-state index contributed by atoms with van der Waals surface area (Å²) in [6.45, 7) is 2.69. The van der Waals surface area contributed by atoms with Crippen LogP contribution in [0.5, 0.6) is 17.2 Å². The molecule has 0 amide bonds. The van der Waals surface area contributed by atoms with Crippen molar-refractivity contribution in [3.63, 3.8) is 0 Å². The van der Waals surface area contributed by atoms with Gasteiger partial charge in [0.15, 0.2) is 11.5 Å². The molecule has 0 spiro atoms. The van der Waals surface area contributed by atoms with Crippen molar-refractivity contribution >= 4 is 0 Å². The van der Waals surface area contributed by atoms with E-state index in [4.69, 9.17) is 18.9 Å². The van der Waals surface area contributed by atoms with Crippen LogP contribution in [0.3, 0.4) is 0 Å². The molecule has 3 rings (SSSR count). The first-order valence-corrected chi connectivity index (χ1v) is 6.58. The highest BCUT2D eigenvalue weighted by molar-refractivity contribution is 5.51. The average molecular weight is 266 g/mol. The lowest BCUT2D eigenvalue weighted by Crippen LogP contribution is -2.18. The van der Waals surface area contributed by atoms with E-state index in [9.17, 15) is 5.11 Å². The third-order valence-corrected chi connectivity index (χ3v) is 3.47. The van der Waals surface area contributed by atoms with Crippen LogP contribution in [0.2, 0.25) is 0 Å². The van der Waals surface area contributed by atoms with Crippen molar-refractivity contribution in [1.82, 2.24) is 0 Å². The molecule has 0 saturated carbocycles. The van der Waals surface area contributed by atoms with E-state index < -0.39 is 0 Å². The Morgan fingerprint density at radius 2 is 2.05 bits per heavy atom. The fourth-order valence-corrected chi connectivity index (χ4v) is 2.41. The summed E-state index contributed by atoms with van der Waals surface area (Å²) in [6, 6.07) is 3.53. The number of aliphatic hydroxyl groups excluding tert-OH is 1. The summed E-state index contributed by atoms with van der Waals surface area (Å²) in [6.07, 6.45) is 2.52. The smallest absolute Gasteiger partial charge is 0.231 e. The van der Waals surface area contributed by atoms with Gasteiger partial charge >= 0.3 is 0 Å². The Hall–Kier alpha value is -1.46. The van der Waals surface area contributed by atoms with Gasteiger partial charge in [0.25, 0.3) is 0 Å². The summed E-state index contributed by atoms with van der Waals surface area (Å²) in [5, 5.41) is 9.38. The van der Waals surface area contributed by atoms with Crippen molar-refractivity contribution in [2.45, 2.75) is 38.6 Å². The molecule has 0 radical (unpaired) electrons. The average Bonchev–Trinajstić information content (AvgIpc) is 3.03. The van der Waals surface area contributed by atoms with E-state index in [1.54, 1.807) is 12.1 Å². The molecule has 19 heavy (non-hydrogen) atoms. The lowest BCUT2D eigenvalue weighted by atomic mass is 10.2. The van der Waals surface area contributed by atoms with Gasteiger partial charge in [0, 0.05) is 11.6 Å². The highest BCUT2D eigenvalue weighted by Gasteiger charge is 2.23. The Balaban J connectivity index is 1.69. The van der Waals surface area contributed by atoms with Gasteiger partial charge in [-0.25, -0.2) is 0 Å². The Labute approximate surface area is 112 Å². The zero-order valence-electron chi connectivity index (χ0n) is 10.9. The number of aliphatic hydroxyl groups is 1. The zero-order valence-corrected chi connectivity index (χ0v) is 10.9. The number of hydrogen-bond donors (Lipinski definition) is 1. The van der Waals surface area contributed by atoms with Gasteiger partial charge in [0.1, 0.15) is 12.4 Å². The second kappa shape index (κ2) is 5.27. The van der Waals surface area contributed by atoms with Gasteiger partial charge in [0.05, 0.1) is 18.8 Å². The molecule has 104 valence electrons. The van der Waals surface area contributed by atoms with Crippen LogP contribution in [-0.4, -0.2) is 30.7 Å². The molecule has 0 bridgehead atoms. The highest BCUT2D eigenvalue weighted by atomic mass is 16.7. The normalized spacial score (nSPS) is 24.7. The molecule has 1 aromatic rings. The molecule has 0 aromatic heterocycles. The minimum Gasteiger partial charge on any atom is -0.490 e. The van der Waals surface area contributed by atoms with E-state index in [0.29, 0.717) is 35.5 Å². The first-order chi connectivity index (χ1) is 9.26. The van der Waals surface area contributed by atoms with Crippen molar-refractivity contribution in [3.8, 4) is 17.2 Å². The first-order valence-electron chi connectivity index (χ1n) is 6.58. The predicted molar refractivity (Wildman–Crippen MR) is 67.6 cm³/mol. The van der Waals surface area contributed by atoms with E-state index in [2.05, 4.69) is 6.92 Å². The van der Waals surface area contributed by atoms with Crippen LogP contribution in [0.15, 0.2) is 12.1 Å². The molecule has 2 aliphatic rings. The van der Waals surface area contributed by atoms with E-state index in [1.165, 1.54) is 0 Å². The number of rotatable bonds is 4. The first kappa shape index (κ1) is 12.6. The molecule has 1 aromatic carbocycles. The van der Waals surface area contributed by atoms with Crippen LogP contribution in [-0.2, 0) is 11.3 Å². The molecule has 0 aliphatic carbocycles. The molecular formula is C14H18O5. The summed E-state index contributed by atoms with van der Waals surface area (Å²) >= 11 is 0. The molecule has 1 saturated heterocycles. The number of benzene rings is 1. The Kier molecular flexibility index (Phi) is 3.48. The summed E-state index contributed by atoms with van der Waals surface area (Å²) in [7, 11) is 0. The summed E-state index contributed by atoms with van der Waals surface area (Å²) in [4.78, 5) is 0. The monoisotopic (exact) mass is 266 g/mol. The van der Waals surface area contributed by atoms with Gasteiger partial charge in [-0.15, -0.1) is 0 Å². The fourth-order valence-electron chi connectivity index (χ4n) is 2.41. The van der Waals surface area contributed by atoms with Crippen molar-refractivity contribution in [2.75, 3.05) is 13.4 Å². The van der Waals surface area contributed by atoms with Crippen LogP contribution >= 0.6 is 0 Å². The van der Waals surface area contributed by atoms with E-state index in [1.807, 2.05) is 0 Å². The van der Waals surface area contributed by atoms with Gasteiger partial charge in [-0.1, -0.05) is 0 Å². The van der Waals surface area contributed by atoms with Gasteiger partial charge in [-0.3, -0.25) is 0 Å². The third-order valence-electron chi connectivity index (χ3n) is 3.47. The summed E-state index contributed by atoms with van der Waals surface area (Å²) in [5.41, 5.74) is 0.704. The molecule has 2 aliphatic heterocycles. The predicted octanol–water partition coefficient (Wildman–Crippen LogP) is 1.85. The Bertz CT molecular complexity index is 459. The molecular weight excluding hydrogens is 248 g/mol. The van der Waals surface area contributed by atoms with E-state index in [-0.39, 0.29) is 19.5 Å². The highest BCUT2D eigenvalue weighted by Crippen LogP contribution is 2.38. The maximum Gasteiger partial charge on any atom is 0.231 e. The minimum absolute atomic E-state index is 0.0894. The van der Waals surface area contributed by atoms with E-state index >= 15 is 0 Å². The molecule has 5 nitrogen and oxygen atoms in total. The number of ether oxygens (including phenoxy) is 4. The largest absolute Gasteiger partial charge is 0.490 e. The van der Waals surface area contributed by atoms with Crippen LogP contribution in [0, 0.1) is 0 Å². The molecule has 2 heterocycles.